The Morgan fingerprint density at radius 3 is 3.00 bits per heavy atom. The SMILES string of the molecule is COc1cccc(-c2nn3c(c2-c2ccc4ncnn4c2)CCC3)c1F. The number of rotatable bonds is 3. The van der Waals surface area contributed by atoms with Crippen molar-refractivity contribution in [1.29, 1.82) is 0 Å². The van der Waals surface area contributed by atoms with Gasteiger partial charge in [-0.05, 0) is 37.1 Å². The van der Waals surface area contributed by atoms with E-state index in [9.17, 15) is 4.39 Å². The van der Waals surface area contributed by atoms with Crippen molar-refractivity contribution in [3.63, 3.8) is 0 Å². The fourth-order valence-corrected chi connectivity index (χ4v) is 3.64. The Balaban J connectivity index is 1.77. The summed E-state index contributed by atoms with van der Waals surface area (Å²) in [6.07, 6.45) is 5.40. The molecule has 1 aliphatic rings. The number of hydrogen-bond donors (Lipinski definition) is 0. The molecule has 0 bridgehead atoms. The molecule has 26 heavy (non-hydrogen) atoms. The highest BCUT2D eigenvalue weighted by Gasteiger charge is 2.26. The van der Waals surface area contributed by atoms with Gasteiger partial charge in [-0.3, -0.25) is 4.68 Å². The summed E-state index contributed by atoms with van der Waals surface area (Å²) in [5, 5.41) is 8.93. The Morgan fingerprint density at radius 1 is 1.19 bits per heavy atom. The van der Waals surface area contributed by atoms with Crippen molar-refractivity contribution >= 4 is 5.65 Å². The molecule has 0 saturated heterocycles. The number of ether oxygens (including phenoxy) is 1. The Hall–Kier alpha value is -3.22. The van der Waals surface area contributed by atoms with Crippen LogP contribution >= 0.6 is 0 Å². The average Bonchev–Trinajstić information content (AvgIpc) is 3.36. The second-order valence-corrected chi connectivity index (χ2v) is 6.30. The number of halogens is 1. The molecule has 4 aromatic rings. The average molecular weight is 349 g/mol. The molecule has 0 spiro atoms. The predicted molar refractivity (Wildman–Crippen MR) is 94.5 cm³/mol. The van der Waals surface area contributed by atoms with Gasteiger partial charge in [0.2, 0.25) is 0 Å². The molecule has 0 amide bonds. The molecule has 0 unspecified atom stereocenters. The molecule has 0 saturated carbocycles. The summed E-state index contributed by atoms with van der Waals surface area (Å²) in [4.78, 5) is 4.19. The van der Waals surface area contributed by atoms with Gasteiger partial charge in [-0.25, -0.2) is 13.9 Å². The van der Waals surface area contributed by atoms with Crippen molar-refractivity contribution < 1.29 is 9.13 Å². The number of hydrogen-bond acceptors (Lipinski definition) is 4. The first kappa shape index (κ1) is 15.1. The lowest BCUT2D eigenvalue weighted by Crippen LogP contribution is -1.96. The molecule has 0 atom stereocenters. The lowest BCUT2D eigenvalue weighted by molar-refractivity contribution is 0.387. The van der Waals surface area contributed by atoms with Crippen LogP contribution in [0.2, 0.25) is 0 Å². The number of benzene rings is 1. The van der Waals surface area contributed by atoms with Crippen LogP contribution in [0.15, 0.2) is 42.9 Å². The van der Waals surface area contributed by atoms with Crippen molar-refractivity contribution in [2.24, 2.45) is 0 Å². The number of aryl methyl sites for hydroxylation is 1. The molecule has 130 valence electrons. The highest BCUT2D eigenvalue weighted by Crippen LogP contribution is 2.39. The van der Waals surface area contributed by atoms with Gasteiger partial charge in [0, 0.05) is 35.1 Å². The fourth-order valence-electron chi connectivity index (χ4n) is 3.64. The standard InChI is InChI=1S/C19H16FN5O/c1-26-15-6-2-4-13(18(15)20)19-17(14-5-3-9-24(14)23-19)12-7-8-16-21-11-22-25(16)10-12/h2,4,6-8,10-11H,3,5,9H2,1H3. The van der Waals surface area contributed by atoms with Crippen molar-refractivity contribution in [3.8, 4) is 28.1 Å². The van der Waals surface area contributed by atoms with Crippen LogP contribution in [0.4, 0.5) is 4.39 Å². The summed E-state index contributed by atoms with van der Waals surface area (Å²) in [7, 11) is 1.47. The summed E-state index contributed by atoms with van der Waals surface area (Å²) in [6, 6.07) is 9.04. The van der Waals surface area contributed by atoms with Crippen molar-refractivity contribution in [2.75, 3.05) is 7.11 Å². The Kier molecular flexibility index (Phi) is 3.28. The van der Waals surface area contributed by atoms with Crippen LogP contribution in [-0.2, 0) is 13.0 Å². The normalized spacial score (nSPS) is 13.3. The molecule has 5 rings (SSSR count). The van der Waals surface area contributed by atoms with E-state index in [-0.39, 0.29) is 5.75 Å². The monoisotopic (exact) mass is 349 g/mol. The number of methoxy groups -OCH3 is 1. The smallest absolute Gasteiger partial charge is 0.174 e. The van der Waals surface area contributed by atoms with E-state index >= 15 is 0 Å². The fraction of sp³-hybridized carbons (Fsp3) is 0.211. The first-order chi connectivity index (χ1) is 12.8. The molecule has 1 aliphatic heterocycles. The van der Waals surface area contributed by atoms with Crippen LogP contribution in [-0.4, -0.2) is 31.5 Å². The number of pyridine rings is 1. The Bertz CT molecular complexity index is 1130. The van der Waals surface area contributed by atoms with Crippen LogP contribution in [0.1, 0.15) is 12.1 Å². The van der Waals surface area contributed by atoms with Crippen LogP contribution in [0, 0.1) is 5.82 Å². The van der Waals surface area contributed by atoms with Gasteiger partial charge in [-0.1, -0.05) is 6.07 Å². The van der Waals surface area contributed by atoms with E-state index in [0.29, 0.717) is 11.3 Å². The zero-order valence-electron chi connectivity index (χ0n) is 14.2. The van der Waals surface area contributed by atoms with Crippen molar-refractivity contribution in [1.82, 2.24) is 24.4 Å². The summed E-state index contributed by atoms with van der Waals surface area (Å²) in [5.41, 5.74) is 4.87. The van der Waals surface area contributed by atoms with Gasteiger partial charge < -0.3 is 4.74 Å². The molecule has 1 aromatic carbocycles. The second kappa shape index (κ2) is 5.66. The minimum atomic E-state index is -0.394. The largest absolute Gasteiger partial charge is 0.494 e. The molecule has 3 aromatic heterocycles. The first-order valence-corrected chi connectivity index (χ1v) is 8.48. The maximum Gasteiger partial charge on any atom is 0.174 e. The Morgan fingerprint density at radius 2 is 2.12 bits per heavy atom. The van der Waals surface area contributed by atoms with Gasteiger partial charge in [0.05, 0.1) is 7.11 Å². The minimum absolute atomic E-state index is 0.216. The van der Waals surface area contributed by atoms with E-state index in [1.54, 1.807) is 22.7 Å². The van der Waals surface area contributed by atoms with Gasteiger partial charge in [-0.2, -0.15) is 10.2 Å². The second-order valence-electron chi connectivity index (χ2n) is 6.30. The zero-order chi connectivity index (χ0) is 17.7. The van der Waals surface area contributed by atoms with E-state index in [1.165, 1.54) is 13.4 Å². The highest BCUT2D eigenvalue weighted by atomic mass is 19.1. The summed E-state index contributed by atoms with van der Waals surface area (Å²) in [5.74, 6) is -0.178. The van der Waals surface area contributed by atoms with Crippen molar-refractivity contribution in [2.45, 2.75) is 19.4 Å². The van der Waals surface area contributed by atoms with Crippen LogP contribution in [0.5, 0.6) is 5.75 Å². The summed E-state index contributed by atoms with van der Waals surface area (Å²) >= 11 is 0. The maximum absolute atomic E-state index is 14.9. The van der Waals surface area contributed by atoms with E-state index < -0.39 is 5.82 Å². The molecule has 7 heteroatoms. The molecule has 0 radical (unpaired) electrons. The third-order valence-electron chi connectivity index (χ3n) is 4.84. The quantitative estimate of drug-likeness (QED) is 0.569. The van der Waals surface area contributed by atoms with Crippen molar-refractivity contribution in [3.05, 3.63) is 54.4 Å². The number of fused-ring (bicyclic) bond motifs is 2. The van der Waals surface area contributed by atoms with E-state index in [4.69, 9.17) is 9.84 Å². The van der Waals surface area contributed by atoms with E-state index in [2.05, 4.69) is 10.1 Å². The zero-order valence-corrected chi connectivity index (χ0v) is 14.2. The van der Waals surface area contributed by atoms with Gasteiger partial charge in [0.1, 0.15) is 12.0 Å². The van der Waals surface area contributed by atoms with Crippen LogP contribution < -0.4 is 4.74 Å². The molecule has 0 N–H and O–H groups in total. The van der Waals surface area contributed by atoms with Crippen LogP contribution in [0.3, 0.4) is 0 Å². The minimum Gasteiger partial charge on any atom is -0.494 e. The van der Waals surface area contributed by atoms with Gasteiger partial charge >= 0.3 is 0 Å². The van der Waals surface area contributed by atoms with Crippen LogP contribution in [0.25, 0.3) is 28.0 Å². The topological polar surface area (TPSA) is 57.2 Å². The molecular formula is C19H16FN5O. The first-order valence-electron chi connectivity index (χ1n) is 8.48. The van der Waals surface area contributed by atoms with Gasteiger partial charge in [0.15, 0.2) is 17.2 Å². The Labute approximate surface area is 148 Å². The predicted octanol–water partition coefficient (Wildman–Crippen LogP) is 3.35. The van der Waals surface area contributed by atoms with E-state index in [0.717, 1.165) is 41.9 Å². The molecule has 4 heterocycles. The lowest BCUT2D eigenvalue weighted by atomic mass is 9.98. The third-order valence-corrected chi connectivity index (χ3v) is 4.84. The molecule has 6 nitrogen and oxygen atoms in total. The molecular weight excluding hydrogens is 333 g/mol. The maximum atomic E-state index is 14.9. The molecule has 0 aliphatic carbocycles. The molecule has 0 fully saturated rings. The number of nitrogens with zero attached hydrogens (tertiary/aromatic N) is 5. The summed E-state index contributed by atoms with van der Waals surface area (Å²) < 4.78 is 23.8. The summed E-state index contributed by atoms with van der Waals surface area (Å²) in [6.45, 7) is 0.847. The highest BCUT2D eigenvalue weighted by molar-refractivity contribution is 5.84. The number of aromatic nitrogens is 5. The third kappa shape index (κ3) is 2.13. The lowest BCUT2D eigenvalue weighted by Gasteiger charge is -2.09. The van der Waals surface area contributed by atoms with Gasteiger partial charge in [0.25, 0.3) is 0 Å². The van der Waals surface area contributed by atoms with E-state index in [1.807, 2.05) is 23.0 Å². The van der Waals surface area contributed by atoms with Gasteiger partial charge in [-0.15, -0.1) is 0 Å².